The number of carbonyl (C=O) groups excluding carboxylic acids is 2. The van der Waals surface area contributed by atoms with Crippen LogP contribution in [0.25, 0.3) is 11.2 Å². The molecule has 2 N–H and O–H groups in total. The molecule has 2 amide bonds. The molecule has 50 heavy (non-hydrogen) atoms. The summed E-state index contributed by atoms with van der Waals surface area (Å²) in [7, 11) is 6.11. The normalized spacial score (nSPS) is 23.3. The molecule has 0 bridgehead atoms. The number of fused-ring (bicyclic) bond motifs is 1. The number of hydrogen-bond donors (Lipinski definition) is 2. The summed E-state index contributed by atoms with van der Waals surface area (Å²) in [5, 5.41) is 6.61. The van der Waals surface area contributed by atoms with Crippen molar-refractivity contribution in [3.8, 4) is 0 Å². The Hall–Kier alpha value is -3.91. The fraction of sp³-hybridized carbons (Fsp3) is 0.639. The summed E-state index contributed by atoms with van der Waals surface area (Å²) in [5.41, 5.74) is 1.28. The summed E-state index contributed by atoms with van der Waals surface area (Å²) in [6, 6.07) is 3.52. The molecule has 1 aliphatic heterocycles. The lowest BCUT2D eigenvalue weighted by Crippen LogP contribution is -2.49. The third kappa shape index (κ3) is 8.34. The number of carbonyl (C=O) groups is 2. The second-order valence-electron chi connectivity index (χ2n) is 14.5. The third-order valence-corrected chi connectivity index (χ3v) is 10.8. The molecule has 3 aromatic rings. The fourth-order valence-electron chi connectivity index (χ4n) is 7.64. The molecule has 2 aromatic heterocycles. The predicted molar refractivity (Wildman–Crippen MR) is 190 cm³/mol. The van der Waals surface area contributed by atoms with E-state index < -0.39 is 11.6 Å². The molecule has 2 saturated carbocycles. The van der Waals surface area contributed by atoms with Gasteiger partial charge in [-0.15, -0.1) is 0 Å². The Kier molecular flexibility index (Phi) is 11.5. The number of nitrogens with one attached hydrogen (secondary N) is 2. The monoisotopic (exact) mass is 694 g/mol. The van der Waals surface area contributed by atoms with Gasteiger partial charge in [0.05, 0.1) is 11.9 Å². The Morgan fingerprint density at radius 2 is 1.62 bits per heavy atom. The minimum absolute atomic E-state index is 0.0364. The van der Waals surface area contributed by atoms with E-state index in [1.54, 1.807) is 6.20 Å². The van der Waals surface area contributed by atoms with E-state index in [1.807, 2.05) is 35.4 Å². The number of likely N-dealkylation sites (N-methyl/N-ethyl adjacent to an activating group) is 3. The van der Waals surface area contributed by atoms with Gasteiger partial charge in [0.15, 0.2) is 5.65 Å². The van der Waals surface area contributed by atoms with Crippen LogP contribution in [-0.4, -0.2) is 124 Å². The summed E-state index contributed by atoms with van der Waals surface area (Å²) < 4.78 is 30.5. The van der Waals surface area contributed by atoms with Gasteiger partial charge in [0.1, 0.15) is 17.2 Å². The number of aromatic nitrogens is 4. The van der Waals surface area contributed by atoms with Crippen LogP contribution in [0.3, 0.4) is 0 Å². The van der Waals surface area contributed by atoms with Crippen LogP contribution >= 0.6 is 0 Å². The molecule has 2 aliphatic carbocycles. The van der Waals surface area contributed by atoms with E-state index in [-0.39, 0.29) is 41.4 Å². The number of anilines is 3. The van der Waals surface area contributed by atoms with Crippen LogP contribution in [0.5, 0.6) is 0 Å². The molecule has 14 heteroatoms. The maximum absolute atomic E-state index is 14.8. The maximum atomic E-state index is 14.8. The second kappa shape index (κ2) is 16.0. The van der Waals surface area contributed by atoms with Crippen molar-refractivity contribution in [2.45, 2.75) is 70.4 Å². The Bertz CT molecular complexity index is 1630. The van der Waals surface area contributed by atoms with Crippen LogP contribution in [0.4, 0.5) is 26.4 Å². The van der Waals surface area contributed by atoms with Crippen LogP contribution < -0.4 is 10.6 Å². The quantitative estimate of drug-likeness (QED) is 0.294. The van der Waals surface area contributed by atoms with Crippen LogP contribution in [0, 0.1) is 23.5 Å². The first kappa shape index (κ1) is 35.9. The van der Waals surface area contributed by atoms with Crippen LogP contribution in [0.1, 0.15) is 64.3 Å². The highest BCUT2D eigenvalue weighted by atomic mass is 19.1. The zero-order chi connectivity index (χ0) is 35.4. The highest BCUT2D eigenvalue weighted by molar-refractivity contribution is 5.80. The average Bonchev–Trinajstić information content (AvgIpc) is 3.47. The van der Waals surface area contributed by atoms with E-state index in [0.29, 0.717) is 36.2 Å². The van der Waals surface area contributed by atoms with Crippen molar-refractivity contribution in [2.75, 3.05) is 77.6 Å². The topological polar surface area (TPSA) is 115 Å². The molecule has 6 rings (SSSR count). The second-order valence-corrected chi connectivity index (χ2v) is 14.5. The van der Waals surface area contributed by atoms with Crippen LogP contribution in [-0.2, 0) is 9.59 Å². The first-order chi connectivity index (χ1) is 24.1. The molecule has 0 radical (unpaired) electrons. The van der Waals surface area contributed by atoms with Gasteiger partial charge in [0.25, 0.3) is 0 Å². The molecule has 1 aromatic carbocycles. The zero-order valence-electron chi connectivity index (χ0n) is 29.9. The first-order valence-corrected chi connectivity index (χ1v) is 18.2. The SMILES string of the molecule is CCN(CCN(C)C)C(=O)[C@H]1CC[C@@H](n2c(Nc3ccc(F)cc3F)nc3cnc(N[C@H]4CC[C@H](C(=O)N5CCN(C)CC5)CC4)nc32)CC1. The van der Waals surface area contributed by atoms with Gasteiger partial charge in [-0.1, -0.05) is 0 Å². The summed E-state index contributed by atoms with van der Waals surface area (Å²) in [5.74, 6) is -0.0144. The van der Waals surface area contributed by atoms with Gasteiger partial charge in [0.2, 0.25) is 23.7 Å². The summed E-state index contributed by atoms with van der Waals surface area (Å²) in [6.07, 6.45) is 7.93. The molecule has 3 aliphatic rings. The number of rotatable bonds is 11. The van der Waals surface area contributed by atoms with E-state index in [1.165, 1.54) is 12.1 Å². The lowest BCUT2D eigenvalue weighted by Gasteiger charge is -2.36. The van der Waals surface area contributed by atoms with E-state index in [9.17, 15) is 18.4 Å². The van der Waals surface area contributed by atoms with Gasteiger partial charge in [-0.25, -0.2) is 18.7 Å². The Balaban J connectivity index is 1.17. The molecule has 0 spiro atoms. The Labute approximate surface area is 293 Å². The number of amides is 2. The van der Waals surface area contributed by atoms with E-state index >= 15 is 0 Å². The van der Waals surface area contributed by atoms with Crippen molar-refractivity contribution in [1.29, 1.82) is 0 Å². The Morgan fingerprint density at radius 3 is 2.28 bits per heavy atom. The number of nitrogens with zero attached hydrogens (tertiary/aromatic N) is 8. The fourth-order valence-corrected chi connectivity index (χ4v) is 7.64. The molecular weight excluding hydrogens is 642 g/mol. The average molecular weight is 695 g/mol. The summed E-state index contributed by atoms with van der Waals surface area (Å²) in [6.45, 7) is 7.65. The van der Waals surface area contributed by atoms with Crippen molar-refractivity contribution < 1.29 is 18.4 Å². The molecule has 12 nitrogen and oxygen atoms in total. The number of imidazole rings is 1. The third-order valence-electron chi connectivity index (χ3n) is 10.8. The molecular formula is C36H52F2N10O2. The standard InChI is InChI=1S/C36H52F2N10O2/c1-5-46(19-16-44(2)3)33(49)25-8-13-28(14-9-25)48-32-31(42-36(48)41-30-15-10-26(37)22-29(30)38)23-39-35(43-32)40-27-11-6-24(7-12-27)34(50)47-20-17-45(4)18-21-47/h10,15,22-25,27-28H,5-9,11-14,16-21H2,1-4H3,(H,41,42)(H,39,40,43)/t24-,25-,27-,28+. The first-order valence-electron chi connectivity index (χ1n) is 18.2. The van der Waals surface area contributed by atoms with Gasteiger partial charge in [-0.3, -0.25) is 14.2 Å². The van der Waals surface area contributed by atoms with Crippen molar-refractivity contribution in [3.63, 3.8) is 0 Å². The largest absolute Gasteiger partial charge is 0.351 e. The van der Waals surface area contributed by atoms with Crippen molar-refractivity contribution >= 4 is 40.6 Å². The minimum Gasteiger partial charge on any atom is -0.351 e. The highest BCUT2D eigenvalue weighted by Crippen LogP contribution is 2.38. The van der Waals surface area contributed by atoms with Gasteiger partial charge in [-0.05, 0) is 91.6 Å². The number of piperazine rings is 1. The van der Waals surface area contributed by atoms with Gasteiger partial charge in [-0.2, -0.15) is 4.98 Å². The highest BCUT2D eigenvalue weighted by Gasteiger charge is 2.33. The number of benzene rings is 1. The van der Waals surface area contributed by atoms with Crippen LogP contribution in [0.15, 0.2) is 24.4 Å². The number of halogens is 2. The van der Waals surface area contributed by atoms with Gasteiger partial charge >= 0.3 is 0 Å². The molecule has 3 heterocycles. The predicted octanol–water partition coefficient (Wildman–Crippen LogP) is 4.73. The van der Waals surface area contributed by atoms with Gasteiger partial charge in [0, 0.05) is 75.8 Å². The lowest BCUT2D eigenvalue weighted by atomic mass is 9.85. The molecule has 0 unspecified atom stereocenters. The van der Waals surface area contributed by atoms with Gasteiger partial charge < -0.3 is 30.2 Å². The van der Waals surface area contributed by atoms with Crippen molar-refractivity contribution in [2.24, 2.45) is 11.8 Å². The van der Waals surface area contributed by atoms with E-state index in [4.69, 9.17) is 9.97 Å². The number of hydrogen-bond acceptors (Lipinski definition) is 9. The van der Waals surface area contributed by atoms with Crippen molar-refractivity contribution in [1.82, 2.24) is 39.1 Å². The summed E-state index contributed by atoms with van der Waals surface area (Å²) in [4.78, 5) is 49.2. The molecule has 0 atom stereocenters. The van der Waals surface area contributed by atoms with Crippen LogP contribution in [0.2, 0.25) is 0 Å². The molecule has 272 valence electrons. The van der Waals surface area contributed by atoms with E-state index in [0.717, 1.165) is 90.2 Å². The molecule has 1 saturated heterocycles. The lowest BCUT2D eigenvalue weighted by molar-refractivity contribution is -0.138. The van der Waals surface area contributed by atoms with Crippen molar-refractivity contribution in [3.05, 3.63) is 36.0 Å². The maximum Gasteiger partial charge on any atom is 0.225 e. The zero-order valence-corrected chi connectivity index (χ0v) is 29.9. The Morgan fingerprint density at radius 1 is 0.920 bits per heavy atom. The molecule has 3 fully saturated rings. The van der Waals surface area contributed by atoms with E-state index in [2.05, 4.69) is 32.5 Å². The minimum atomic E-state index is -0.717. The summed E-state index contributed by atoms with van der Waals surface area (Å²) >= 11 is 0. The smallest absolute Gasteiger partial charge is 0.225 e.